The first-order valence-corrected chi connectivity index (χ1v) is 7.26. The molecule has 15 heavy (non-hydrogen) atoms. The van der Waals surface area contributed by atoms with Crippen molar-refractivity contribution in [3.8, 4) is 0 Å². The summed E-state index contributed by atoms with van der Waals surface area (Å²) in [6.45, 7) is 2.18. The van der Waals surface area contributed by atoms with Crippen LogP contribution in [0, 0.1) is 12.8 Å². The van der Waals surface area contributed by atoms with Crippen molar-refractivity contribution in [2.24, 2.45) is 5.92 Å². The molecule has 0 spiro atoms. The molecule has 1 atom stereocenters. The molecule has 0 radical (unpaired) electrons. The molecule has 0 aliphatic heterocycles. The molecular formula is C12H18BrNS. The Morgan fingerprint density at radius 1 is 1.47 bits per heavy atom. The lowest BCUT2D eigenvalue weighted by Gasteiger charge is -2.21. The van der Waals surface area contributed by atoms with Gasteiger partial charge in [-0.25, -0.2) is 0 Å². The van der Waals surface area contributed by atoms with Crippen molar-refractivity contribution in [2.45, 2.75) is 38.6 Å². The van der Waals surface area contributed by atoms with Crippen LogP contribution >= 0.6 is 27.3 Å². The van der Waals surface area contributed by atoms with Crippen molar-refractivity contribution in [3.05, 3.63) is 20.3 Å². The topological polar surface area (TPSA) is 12.0 Å². The zero-order chi connectivity index (χ0) is 10.8. The van der Waals surface area contributed by atoms with Crippen LogP contribution in [-0.4, -0.2) is 7.05 Å². The fourth-order valence-corrected chi connectivity index (χ4v) is 4.30. The van der Waals surface area contributed by atoms with E-state index in [9.17, 15) is 0 Å². The monoisotopic (exact) mass is 287 g/mol. The molecule has 0 saturated heterocycles. The smallest absolute Gasteiger partial charge is 0.0441 e. The number of nitrogens with one attached hydrogen (secondary N) is 1. The lowest BCUT2D eigenvalue weighted by molar-refractivity contribution is 0.395. The predicted molar refractivity (Wildman–Crippen MR) is 70.5 cm³/mol. The lowest BCUT2D eigenvalue weighted by Crippen LogP contribution is -2.22. The molecule has 1 fully saturated rings. The average molecular weight is 288 g/mol. The summed E-state index contributed by atoms with van der Waals surface area (Å²) < 4.78 is 1.26. The van der Waals surface area contributed by atoms with Crippen LogP contribution < -0.4 is 5.32 Å². The first kappa shape index (κ1) is 11.6. The van der Waals surface area contributed by atoms with Gasteiger partial charge in [0, 0.05) is 20.3 Å². The zero-order valence-corrected chi connectivity index (χ0v) is 11.7. The first-order chi connectivity index (χ1) is 7.22. The van der Waals surface area contributed by atoms with E-state index in [1.165, 1.54) is 39.9 Å². The molecule has 2 rings (SSSR count). The van der Waals surface area contributed by atoms with E-state index in [1.807, 2.05) is 11.3 Å². The molecule has 0 aromatic carbocycles. The van der Waals surface area contributed by atoms with Crippen LogP contribution in [0.4, 0.5) is 0 Å². The Morgan fingerprint density at radius 3 is 2.60 bits per heavy atom. The second-order valence-electron chi connectivity index (χ2n) is 4.36. The molecule has 1 aliphatic rings. The molecule has 1 aliphatic carbocycles. The standard InChI is InChI=1S/C12H18BrNS/c1-8-10(13)7-11(15-8)12(14-2)9-5-3-4-6-9/h7,9,12,14H,3-6H2,1-2H3. The summed E-state index contributed by atoms with van der Waals surface area (Å²) >= 11 is 5.53. The Hall–Kier alpha value is 0.140. The largest absolute Gasteiger partial charge is 0.312 e. The highest BCUT2D eigenvalue weighted by Gasteiger charge is 2.26. The molecule has 1 heterocycles. The summed E-state index contributed by atoms with van der Waals surface area (Å²) in [5, 5.41) is 3.49. The van der Waals surface area contributed by atoms with E-state index in [2.05, 4.69) is 41.3 Å². The van der Waals surface area contributed by atoms with Crippen molar-refractivity contribution in [1.82, 2.24) is 5.32 Å². The van der Waals surface area contributed by atoms with E-state index in [-0.39, 0.29) is 0 Å². The molecule has 1 unspecified atom stereocenters. The van der Waals surface area contributed by atoms with Gasteiger partial charge >= 0.3 is 0 Å². The van der Waals surface area contributed by atoms with Gasteiger partial charge < -0.3 is 5.32 Å². The average Bonchev–Trinajstić information content (AvgIpc) is 2.80. The highest BCUT2D eigenvalue weighted by molar-refractivity contribution is 9.10. The van der Waals surface area contributed by atoms with E-state index in [0.29, 0.717) is 6.04 Å². The number of hydrogen-bond donors (Lipinski definition) is 1. The summed E-state index contributed by atoms with van der Waals surface area (Å²) in [6, 6.07) is 2.86. The van der Waals surface area contributed by atoms with Crippen LogP contribution in [0.5, 0.6) is 0 Å². The Labute approximate surface area is 104 Å². The minimum atomic E-state index is 0.572. The summed E-state index contributed by atoms with van der Waals surface area (Å²) in [5.41, 5.74) is 0. The Morgan fingerprint density at radius 2 is 2.13 bits per heavy atom. The van der Waals surface area contributed by atoms with Crippen LogP contribution in [0.15, 0.2) is 10.5 Å². The second kappa shape index (κ2) is 4.98. The van der Waals surface area contributed by atoms with Crippen molar-refractivity contribution in [2.75, 3.05) is 7.05 Å². The van der Waals surface area contributed by atoms with Crippen molar-refractivity contribution in [1.29, 1.82) is 0 Å². The molecule has 1 N–H and O–H groups in total. The maximum Gasteiger partial charge on any atom is 0.0441 e. The zero-order valence-electron chi connectivity index (χ0n) is 9.35. The second-order valence-corrected chi connectivity index (χ2v) is 6.51. The van der Waals surface area contributed by atoms with Crippen LogP contribution in [0.25, 0.3) is 0 Å². The first-order valence-electron chi connectivity index (χ1n) is 5.65. The fraction of sp³-hybridized carbons (Fsp3) is 0.667. The van der Waals surface area contributed by atoms with Gasteiger partial charge in [0.15, 0.2) is 0 Å². The van der Waals surface area contributed by atoms with Gasteiger partial charge in [-0.15, -0.1) is 11.3 Å². The third-order valence-corrected chi connectivity index (χ3v) is 5.58. The van der Waals surface area contributed by atoms with Crippen LogP contribution in [0.3, 0.4) is 0 Å². The van der Waals surface area contributed by atoms with Crippen LogP contribution in [0.2, 0.25) is 0 Å². The quantitative estimate of drug-likeness (QED) is 0.876. The van der Waals surface area contributed by atoms with Gasteiger partial charge in [-0.3, -0.25) is 0 Å². The third kappa shape index (κ3) is 2.45. The Bertz CT molecular complexity index is 309. The SMILES string of the molecule is CNC(c1cc(Br)c(C)s1)C1CCCC1. The van der Waals surface area contributed by atoms with Crippen molar-refractivity contribution < 1.29 is 0 Å². The number of hydrogen-bond acceptors (Lipinski definition) is 2. The maximum atomic E-state index is 3.60. The Balaban J connectivity index is 2.18. The molecular weight excluding hydrogens is 270 g/mol. The van der Waals surface area contributed by atoms with Gasteiger partial charge in [0.05, 0.1) is 0 Å². The summed E-state index contributed by atoms with van der Waals surface area (Å²) in [6.07, 6.45) is 5.60. The predicted octanol–water partition coefficient (Wildman–Crippen LogP) is 4.27. The van der Waals surface area contributed by atoms with Gasteiger partial charge in [-0.05, 0) is 54.7 Å². The molecule has 84 valence electrons. The van der Waals surface area contributed by atoms with Gasteiger partial charge in [-0.2, -0.15) is 0 Å². The lowest BCUT2D eigenvalue weighted by atomic mass is 9.97. The summed E-state index contributed by atoms with van der Waals surface area (Å²) in [7, 11) is 2.09. The number of rotatable bonds is 3. The molecule has 0 amide bonds. The number of halogens is 1. The van der Waals surface area contributed by atoms with Crippen molar-refractivity contribution >= 4 is 27.3 Å². The molecule has 3 heteroatoms. The van der Waals surface area contributed by atoms with E-state index in [1.54, 1.807) is 0 Å². The van der Waals surface area contributed by atoms with Crippen molar-refractivity contribution in [3.63, 3.8) is 0 Å². The van der Waals surface area contributed by atoms with Gasteiger partial charge in [0.1, 0.15) is 0 Å². The van der Waals surface area contributed by atoms with E-state index >= 15 is 0 Å². The van der Waals surface area contributed by atoms with E-state index < -0.39 is 0 Å². The fourth-order valence-electron chi connectivity index (χ4n) is 2.54. The molecule has 1 aromatic heterocycles. The summed E-state index contributed by atoms with van der Waals surface area (Å²) in [4.78, 5) is 2.89. The van der Waals surface area contributed by atoms with E-state index in [0.717, 1.165) is 5.92 Å². The normalized spacial score (nSPS) is 19.7. The number of thiophene rings is 1. The van der Waals surface area contributed by atoms with Gasteiger partial charge in [0.25, 0.3) is 0 Å². The van der Waals surface area contributed by atoms with Crippen LogP contribution in [0.1, 0.15) is 41.5 Å². The Kier molecular flexibility index (Phi) is 3.86. The highest BCUT2D eigenvalue weighted by Crippen LogP contribution is 2.39. The summed E-state index contributed by atoms with van der Waals surface area (Å²) in [5.74, 6) is 0.847. The minimum absolute atomic E-state index is 0.572. The maximum absolute atomic E-state index is 3.60. The highest BCUT2D eigenvalue weighted by atomic mass is 79.9. The molecule has 1 aromatic rings. The molecule has 1 saturated carbocycles. The minimum Gasteiger partial charge on any atom is -0.312 e. The van der Waals surface area contributed by atoms with Gasteiger partial charge in [-0.1, -0.05) is 12.8 Å². The molecule has 1 nitrogen and oxygen atoms in total. The van der Waals surface area contributed by atoms with Gasteiger partial charge in [0.2, 0.25) is 0 Å². The van der Waals surface area contributed by atoms with E-state index in [4.69, 9.17) is 0 Å². The molecule has 0 bridgehead atoms. The number of aryl methyl sites for hydroxylation is 1. The third-order valence-electron chi connectivity index (χ3n) is 3.37. The van der Waals surface area contributed by atoms with Crippen LogP contribution in [-0.2, 0) is 0 Å².